The minimum absolute atomic E-state index is 0.0564. The van der Waals surface area contributed by atoms with Crippen molar-refractivity contribution >= 4 is 30.2 Å². The van der Waals surface area contributed by atoms with Crippen LogP contribution in [0.15, 0.2) is 82.6 Å². The second-order valence-corrected chi connectivity index (χ2v) is 12.7. The number of rotatable bonds is 7. The Labute approximate surface area is 203 Å². The molecule has 0 bridgehead atoms. The van der Waals surface area contributed by atoms with E-state index in [4.69, 9.17) is 12.6 Å². The number of hydrogen-bond donors (Lipinski definition) is 1. The monoisotopic (exact) mass is 462 g/mol. The van der Waals surface area contributed by atoms with Crippen LogP contribution in [0.1, 0.15) is 74.0 Å². The van der Waals surface area contributed by atoms with E-state index in [1.54, 1.807) is 11.8 Å². The second kappa shape index (κ2) is 9.89. The molecule has 0 spiro atoms. The van der Waals surface area contributed by atoms with Gasteiger partial charge in [0.25, 0.3) is 0 Å². The Morgan fingerprint density at radius 1 is 0.781 bits per heavy atom. The lowest BCUT2D eigenvalue weighted by atomic mass is 9.75. The molecule has 0 aliphatic heterocycles. The van der Waals surface area contributed by atoms with Crippen molar-refractivity contribution in [1.82, 2.24) is 0 Å². The van der Waals surface area contributed by atoms with Gasteiger partial charge in [-0.15, -0.1) is 0 Å². The highest BCUT2D eigenvalue weighted by Crippen LogP contribution is 2.41. The third-order valence-corrected chi connectivity index (χ3v) is 6.95. The van der Waals surface area contributed by atoms with E-state index in [9.17, 15) is 4.79 Å². The fraction of sp³-hybridized carbons (Fsp3) is 0.345. The van der Waals surface area contributed by atoms with Crippen molar-refractivity contribution in [3.05, 3.63) is 95.1 Å². The summed E-state index contributed by atoms with van der Waals surface area (Å²) in [5.41, 5.74) is 4.13. The van der Waals surface area contributed by atoms with E-state index in [1.165, 1.54) is 16.0 Å². The summed E-state index contributed by atoms with van der Waals surface area (Å²) < 4.78 is -0.135. The van der Waals surface area contributed by atoms with Crippen molar-refractivity contribution in [2.24, 2.45) is 5.41 Å². The van der Waals surface area contributed by atoms with E-state index in [0.717, 1.165) is 16.9 Å². The molecule has 0 fully saturated rings. The lowest BCUT2D eigenvalue weighted by Crippen LogP contribution is -2.27. The Bertz CT molecular complexity index is 1030. The highest BCUT2D eigenvalue weighted by Gasteiger charge is 2.31. The van der Waals surface area contributed by atoms with E-state index in [2.05, 4.69) is 77.9 Å². The standard InChI is InChI=1S/C29H34OS2/c1-20-7-15-24(16-8-20)32-25-17-13-23(14-18-25)27(30)22-11-9-21(10-12-22)26(29(5,6)31)19-28(2,3)4/h7-18,26,31H,19H2,1-6H3. The molecule has 3 aromatic carbocycles. The van der Waals surface area contributed by atoms with Gasteiger partial charge >= 0.3 is 0 Å². The minimum atomic E-state index is -0.135. The number of thiol groups is 1. The van der Waals surface area contributed by atoms with E-state index < -0.39 is 0 Å². The number of aryl methyl sites for hydroxylation is 1. The van der Waals surface area contributed by atoms with Crippen molar-refractivity contribution < 1.29 is 4.79 Å². The van der Waals surface area contributed by atoms with Gasteiger partial charge in [0, 0.05) is 25.7 Å². The zero-order chi connectivity index (χ0) is 23.5. The zero-order valence-corrected chi connectivity index (χ0v) is 21.7. The first-order chi connectivity index (χ1) is 14.9. The molecule has 0 aliphatic rings. The van der Waals surface area contributed by atoms with E-state index in [1.807, 2.05) is 36.4 Å². The van der Waals surface area contributed by atoms with Crippen LogP contribution in [0.4, 0.5) is 0 Å². The third-order valence-electron chi connectivity index (χ3n) is 5.62. The number of carbonyl (C=O) groups is 1. The molecule has 3 aromatic rings. The average molecular weight is 463 g/mol. The van der Waals surface area contributed by atoms with Gasteiger partial charge < -0.3 is 0 Å². The van der Waals surface area contributed by atoms with Crippen molar-refractivity contribution in [2.75, 3.05) is 0 Å². The molecule has 3 heteroatoms. The van der Waals surface area contributed by atoms with Crippen LogP contribution in [0.2, 0.25) is 0 Å². The quantitative estimate of drug-likeness (QED) is 0.280. The maximum Gasteiger partial charge on any atom is 0.193 e. The number of ketones is 1. The molecule has 32 heavy (non-hydrogen) atoms. The highest BCUT2D eigenvalue weighted by molar-refractivity contribution is 7.99. The molecule has 0 aromatic heterocycles. The maximum atomic E-state index is 13.0. The van der Waals surface area contributed by atoms with Gasteiger partial charge in [-0.05, 0) is 66.6 Å². The van der Waals surface area contributed by atoms with Crippen LogP contribution >= 0.6 is 24.4 Å². The third kappa shape index (κ3) is 6.76. The Hall–Kier alpha value is -1.97. The Morgan fingerprint density at radius 3 is 1.66 bits per heavy atom. The molecule has 0 saturated carbocycles. The van der Waals surface area contributed by atoms with Gasteiger partial charge in [-0.2, -0.15) is 12.6 Å². The molecule has 1 unspecified atom stereocenters. The molecule has 3 rings (SSSR count). The zero-order valence-electron chi connectivity index (χ0n) is 20.0. The maximum absolute atomic E-state index is 13.0. The van der Waals surface area contributed by atoms with E-state index >= 15 is 0 Å². The fourth-order valence-corrected chi connectivity index (χ4v) is 4.89. The van der Waals surface area contributed by atoms with Crippen LogP contribution in [-0.2, 0) is 0 Å². The Kier molecular flexibility index (Phi) is 7.62. The molecule has 0 saturated heterocycles. The summed E-state index contributed by atoms with van der Waals surface area (Å²) in [6.45, 7) is 13.2. The molecule has 0 heterocycles. The lowest BCUT2D eigenvalue weighted by Gasteiger charge is -2.35. The molecule has 0 radical (unpaired) electrons. The van der Waals surface area contributed by atoms with Crippen LogP contribution in [-0.4, -0.2) is 10.5 Å². The molecular formula is C29H34OS2. The molecule has 1 nitrogen and oxygen atoms in total. The summed E-state index contributed by atoms with van der Waals surface area (Å²) in [5.74, 6) is 0.369. The first-order valence-corrected chi connectivity index (χ1v) is 12.4. The van der Waals surface area contributed by atoms with Crippen molar-refractivity contribution in [1.29, 1.82) is 0 Å². The lowest BCUT2D eigenvalue weighted by molar-refractivity contribution is 0.103. The molecular weight excluding hydrogens is 428 g/mol. The van der Waals surface area contributed by atoms with E-state index in [0.29, 0.717) is 11.5 Å². The van der Waals surface area contributed by atoms with Crippen LogP contribution in [0, 0.1) is 12.3 Å². The summed E-state index contributed by atoms with van der Waals surface area (Å²) in [5, 5.41) is 0. The Morgan fingerprint density at radius 2 is 1.22 bits per heavy atom. The minimum Gasteiger partial charge on any atom is -0.289 e. The summed E-state index contributed by atoms with van der Waals surface area (Å²) in [6.07, 6.45) is 1.04. The predicted octanol–water partition coefficient (Wildman–Crippen LogP) is 8.61. The first kappa shape index (κ1) is 24.7. The summed E-state index contributed by atoms with van der Waals surface area (Å²) in [7, 11) is 0. The van der Waals surface area contributed by atoms with Crippen molar-refractivity contribution in [3.8, 4) is 0 Å². The van der Waals surface area contributed by atoms with Crippen LogP contribution < -0.4 is 0 Å². The predicted molar refractivity (Wildman–Crippen MR) is 141 cm³/mol. The summed E-state index contributed by atoms with van der Waals surface area (Å²) in [4.78, 5) is 15.4. The molecule has 0 N–H and O–H groups in total. The van der Waals surface area contributed by atoms with Gasteiger partial charge in [-0.3, -0.25) is 4.79 Å². The van der Waals surface area contributed by atoms with Gasteiger partial charge in [-0.25, -0.2) is 0 Å². The number of carbonyl (C=O) groups excluding carboxylic acids is 1. The van der Waals surface area contributed by atoms with Gasteiger partial charge in [0.2, 0.25) is 0 Å². The van der Waals surface area contributed by atoms with Crippen LogP contribution in [0.3, 0.4) is 0 Å². The van der Waals surface area contributed by atoms with Gasteiger partial charge in [0.15, 0.2) is 5.78 Å². The number of hydrogen-bond acceptors (Lipinski definition) is 3. The van der Waals surface area contributed by atoms with Crippen LogP contribution in [0.5, 0.6) is 0 Å². The average Bonchev–Trinajstić information content (AvgIpc) is 2.73. The second-order valence-electron chi connectivity index (χ2n) is 10.4. The highest BCUT2D eigenvalue weighted by atomic mass is 32.2. The largest absolute Gasteiger partial charge is 0.289 e. The van der Waals surface area contributed by atoms with E-state index in [-0.39, 0.29) is 15.9 Å². The molecule has 168 valence electrons. The summed E-state index contributed by atoms with van der Waals surface area (Å²) >= 11 is 6.58. The van der Waals surface area contributed by atoms with Gasteiger partial charge in [0.05, 0.1) is 0 Å². The normalized spacial score (nSPS) is 13.1. The smallest absolute Gasteiger partial charge is 0.193 e. The van der Waals surface area contributed by atoms with Crippen LogP contribution in [0.25, 0.3) is 0 Å². The Balaban J connectivity index is 1.74. The molecule has 0 aliphatic carbocycles. The fourth-order valence-electron chi connectivity index (χ4n) is 3.84. The van der Waals surface area contributed by atoms with Gasteiger partial charge in [-0.1, -0.05) is 88.3 Å². The molecule has 1 atom stereocenters. The topological polar surface area (TPSA) is 17.1 Å². The summed E-state index contributed by atoms with van der Waals surface area (Å²) in [6, 6.07) is 24.5. The number of benzene rings is 3. The molecule has 0 amide bonds. The van der Waals surface area contributed by atoms with Crippen molar-refractivity contribution in [3.63, 3.8) is 0 Å². The van der Waals surface area contributed by atoms with Crippen molar-refractivity contribution in [2.45, 2.75) is 68.4 Å². The van der Waals surface area contributed by atoms with Gasteiger partial charge in [0.1, 0.15) is 0 Å². The SMILES string of the molecule is Cc1ccc(Sc2ccc(C(=O)c3ccc(C(CC(C)(C)C)C(C)(C)S)cc3)cc2)cc1. The first-order valence-electron chi connectivity index (χ1n) is 11.1.